The van der Waals surface area contributed by atoms with Crippen LogP contribution < -0.4 is 10.2 Å². The highest BCUT2D eigenvalue weighted by Crippen LogP contribution is 2.32. The molecule has 6 nitrogen and oxygen atoms in total. The Bertz CT molecular complexity index is 789. The van der Waals surface area contributed by atoms with Crippen molar-refractivity contribution in [2.45, 2.75) is 32.7 Å². The molecule has 3 heterocycles. The van der Waals surface area contributed by atoms with Gasteiger partial charge in [0.15, 0.2) is 0 Å². The minimum Gasteiger partial charge on any atom is -0.465 e. The molecule has 1 aliphatic rings. The van der Waals surface area contributed by atoms with Gasteiger partial charge in [-0.25, -0.2) is 9.78 Å². The molecule has 0 aromatic carbocycles. The minimum atomic E-state index is -0.966. The minimum absolute atomic E-state index is 0.00142. The van der Waals surface area contributed by atoms with E-state index in [4.69, 9.17) is 16.7 Å². The van der Waals surface area contributed by atoms with Crippen molar-refractivity contribution in [3.05, 3.63) is 40.7 Å². The van der Waals surface area contributed by atoms with Crippen LogP contribution in [0.15, 0.2) is 24.5 Å². The van der Waals surface area contributed by atoms with Gasteiger partial charge in [-0.05, 0) is 43.9 Å². The molecule has 0 aliphatic carbocycles. The lowest BCUT2D eigenvalue weighted by Gasteiger charge is -2.32. The molecule has 2 aromatic rings. The number of pyridine rings is 2. The number of nitrogens with zero attached hydrogens (tertiary/aromatic N) is 3. The average molecular weight is 361 g/mol. The van der Waals surface area contributed by atoms with Crippen molar-refractivity contribution >= 4 is 23.5 Å². The van der Waals surface area contributed by atoms with Crippen molar-refractivity contribution < 1.29 is 9.90 Å². The van der Waals surface area contributed by atoms with Crippen LogP contribution in [0.4, 0.5) is 10.6 Å². The van der Waals surface area contributed by atoms with Gasteiger partial charge >= 0.3 is 6.09 Å². The number of carbonyl (C=O) groups is 1. The first kappa shape index (κ1) is 17.5. The Hall–Kier alpha value is -2.34. The monoisotopic (exact) mass is 360 g/mol. The van der Waals surface area contributed by atoms with Gasteiger partial charge in [-0.2, -0.15) is 0 Å². The van der Waals surface area contributed by atoms with Crippen molar-refractivity contribution in [2.75, 3.05) is 18.0 Å². The molecule has 132 valence electrons. The van der Waals surface area contributed by atoms with Crippen LogP contribution in [0.5, 0.6) is 0 Å². The summed E-state index contributed by atoms with van der Waals surface area (Å²) in [5.74, 6) is 0.843. The molecular weight excluding hydrogens is 340 g/mol. The van der Waals surface area contributed by atoms with Gasteiger partial charge in [0.2, 0.25) is 0 Å². The zero-order valence-corrected chi connectivity index (χ0v) is 15.0. The molecule has 1 saturated heterocycles. The van der Waals surface area contributed by atoms with E-state index in [9.17, 15) is 4.79 Å². The lowest BCUT2D eigenvalue weighted by Crippen LogP contribution is -2.44. The number of piperidine rings is 1. The first-order valence-corrected chi connectivity index (χ1v) is 8.65. The van der Waals surface area contributed by atoms with Crippen LogP contribution in [0.25, 0.3) is 11.3 Å². The summed E-state index contributed by atoms with van der Waals surface area (Å²) in [7, 11) is 0. The van der Waals surface area contributed by atoms with Crippen molar-refractivity contribution in [2.24, 2.45) is 0 Å². The van der Waals surface area contributed by atoms with Gasteiger partial charge in [0.1, 0.15) is 5.82 Å². The fourth-order valence-electron chi connectivity index (χ4n) is 3.21. The summed E-state index contributed by atoms with van der Waals surface area (Å²) in [5, 5.41) is 12.0. The third-order valence-corrected chi connectivity index (χ3v) is 4.76. The first-order chi connectivity index (χ1) is 11.9. The fourth-order valence-corrected chi connectivity index (χ4v) is 3.40. The molecule has 0 radical (unpaired) electrons. The largest absolute Gasteiger partial charge is 0.465 e. The van der Waals surface area contributed by atoms with Crippen LogP contribution in [0.1, 0.15) is 24.0 Å². The maximum Gasteiger partial charge on any atom is 0.404 e. The summed E-state index contributed by atoms with van der Waals surface area (Å²) in [6.45, 7) is 5.53. The molecule has 0 unspecified atom stereocenters. The molecule has 0 saturated carbocycles. The van der Waals surface area contributed by atoms with E-state index in [2.05, 4.69) is 26.3 Å². The number of amides is 1. The van der Waals surface area contributed by atoms with Crippen LogP contribution in [0.2, 0.25) is 5.02 Å². The number of aromatic nitrogens is 2. The van der Waals surface area contributed by atoms with E-state index in [1.165, 1.54) is 0 Å². The standard InChI is InChI=1S/C18H21ClN4O2/c1-11-7-12(2)17(21-9-11)14-8-16(20-10-15(14)19)23-5-3-13(4-6-23)22-18(24)25/h7-10,13,22H,3-6H2,1-2H3,(H,24,25). The molecular formula is C18H21ClN4O2. The van der Waals surface area contributed by atoms with E-state index < -0.39 is 6.09 Å². The number of hydrogen-bond acceptors (Lipinski definition) is 4. The molecule has 25 heavy (non-hydrogen) atoms. The van der Waals surface area contributed by atoms with E-state index in [1.54, 1.807) is 6.20 Å². The zero-order valence-electron chi connectivity index (χ0n) is 14.3. The van der Waals surface area contributed by atoms with Crippen molar-refractivity contribution in [3.63, 3.8) is 0 Å². The van der Waals surface area contributed by atoms with Gasteiger partial charge in [0.25, 0.3) is 0 Å². The van der Waals surface area contributed by atoms with E-state index in [1.807, 2.05) is 26.1 Å². The van der Waals surface area contributed by atoms with Crippen LogP contribution in [-0.2, 0) is 0 Å². The highest BCUT2D eigenvalue weighted by molar-refractivity contribution is 6.33. The van der Waals surface area contributed by atoms with Crippen molar-refractivity contribution in [1.82, 2.24) is 15.3 Å². The van der Waals surface area contributed by atoms with Gasteiger partial charge in [-0.15, -0.1) is 0 Å². The van der Waals surface area contributed by atoms with Gasteiger partial charge in [0, 0.05) is 37.1 Å². The highest BCUT2D eigenvalue weighted by Gasteiger charge is 2.22. The van der Waals surface area contributed by atoms with Crippen LogP contribution in [0, 0.1) is 13.8 Å². The van der Waals surface area contributed by atoms with Crippen molar-refractivity contribution in [3.8, 4) is 11.3 Å². The van der Waals surface area contributed by atoms with E-state index in [-0.39, 0.29) is 6.04 Å². The predicted molar refractivity (Wildman–Crippen MR) is 98.3 cm³/mol. The summed E-state index contributed by atoms with van der Waals surface area (Å²) < 4.78 is 0. The second-order valence-corrected chi connectivity index (χ2v) is 6.82. The molecule has 2 aromatic heterocycles. The molecule has 1 aliphatic heterocycles. The van der Waals surface area contributed by atoms with E-state index in [0.29, 0.717) is 5.02 Å². The predicted octanol–water partition coefficient (Wildman–Crippen LogP) is 3.65. The summed E-state index contributed by atoms with van der Waals surface area (Å²) in [5.41, 5.74) is 3.92. The Morgan fingerprint density at radius 1 is 1.24 bits per heavy atom. The summed E-state index contributed by atoms with van der Waals surface area (Å²) in [6, 6.07) is 4.06. The summed E-state index contributed by atoms with van der Waals surface area (Å²) >= 11 is 6.37. The quantitative estimate of drug-likeness (QED) is 0.873. The van der Waals surface area contributed by atoms with E-state index >= 15 is 0 Å². The number of anilines is 1. The molecule has 3 rings (SSSR count). The number of rotatable bonds is 3. The number of hydrogen-bond donors (Lipinski definition) is 2. The molecule has 1 amide bonds. The lowest BCUT2D eigenvalue weighted by atomic mass is 10.0. The maximum atomic E-state index is 10.8. The normalized spacial score (nSPS) is 15.2. The molecule has 0 spiro atoms. The Morgan fingerprint density at radius 2 is 1.96 bits per heavy atom. The Balaban J connectivity index is 1.82. The molecule has 0 atom stereocenters. The number of aryl methyl sites for hydroxylation is 2. The summed E-state index contributed by atoms with van der Waals surface area (Å²) in [6.07, 6.45) is 4.05. The molecule has 7 heteroatoms. The third kappa shape index (κ3) is 4.02. The van der Waals surface area contributed by atoms with Crippen LogP contribution >= 0.6 is 11.6 Å². The number of nitrogens with one attached hydrogen (secondary N) is 1. The molecule has 1 fully saturated rings. The average Bonchev–Trinajstić information content (AvgIpc) is 2.56. The van der Waals surface area contributed by atoms with Crippen LogP contribution in [-0.4, -0.2) is 40.3 Å². The molecule has 0 bridgehead atoms. The SMILES string of the molecule is Cc1cnc(-c2cc(N3CCC(NC(=O)O)CC3)ncc2Cl)c(C)c1. The Morgan fingerprint density at radius 3 is 2.60 bits per heavy atom. The summed E-state index contributed by atoms with van der Waals surface area (Å²) in [4.78, 5) is 21.9. The first-order valence-electron chi connectivity index (χ1n) is 8.27. The topological polar surface area (TPSA) is 78.4 Å². The number of halogens is 1. The second kappa shape index (κ2) is 7.27. The Kier molecular flexibility index (Phi) is 5.08. The smallest absolute Gasteiger partial charge is 0.404 e. The Labute approximate surface area is 151 Å². The van der Waals surface area contributed by atoms with Crippen molar-refractivity contribution in [1.29, 1.82) is 0 Å². The van der Waals surface area contributed by atoms with Crippen LogP contribution in [0.3, 0.4) is 0 Å². The van der Waals surface area contributed by atoms with Gasteiger partial charge in [-0.3, -0.25) is 4.98 Å². The highest BCUT2D eigenvalue weighted by atomic mass is 35.5. The maximum absolute atomic E-state index is 10.8. The lowest BCUT2D eigenvalue weighted by molar-refractivity contribution is 0.187. The second-order valence-electron chi connectivity index (χ2n) is 6.41. The number of carboxylic acid groups (broad SMARTS) is 1. The fraction of sp³-hybridized carbons (Fsp3) is 0.389. The van der Waals surface area contributed by atoms with E-state index in [0.717, 1.165) is 54.1 Å². The zero-order chi connectivity index (χ0) is 18.0. The molecule has 2 N–H and O–H groups in total. The van der Waals surface area contributed by atoms with Gasteiger partial charge in [-0.1, -0.05) is 17.7 Å². The third-order valence-electron chi connectivity index (χ3n) is 4.46. The van der Waals surface area contributed by atoms with Gasteiger partial charge in [0.05, 0.1) is 10.7 Å². The van der Waals surface area contributed by atoms with Gasteiger partial charge < -0.3 is 15.3 Å².